The van der Waals surface area contributed by atoms with E-state index in [0.29, 0.717) is 5.56 Å². The second-order valence-corrected chi connectivity index (χ2v) is 3.64. The van der Waals surface area contributed by atoms with Crippen LogP contribution < -0.4 is 0 Å². The Balaban J connectivity index is 2.95. The monoisotopic (exact) mass is 214 g/mol. The van der Waals surface area contributed by atoms with Crippen LogP contribution in [0.15, 0.2) is 12.1 Å². The van der Waals surface area contributed by atoms with Crippen LogP contribution in [0.4, 0.5) is 8.78 Å². The molecular formula is C11H12F2O2. The van der Waals surface area contributed by atoms with Crippen LogP contribution in [0.1, 0.15) is 18.1 Å². The number of aliphatic carboxylic acids is 1. The van der Waals surface area contributed by atoms with Gasteiger partial charge in [-0.15, -0.1) is 0 Å². The number of carboxylic acid groups (broad SMARTS) is 1. The molecule has 1 unspecified atom stereocenters. The lowest BCUT2D eigenvalue weighted by Crippen LogP contribution is -2.13. The van der Waals surface area contributed by atoms with E-state index in [1.165, 1.54) is 19.9 Å². The molecule has 4 heteroatoms. The lowest BCUT2D eigenvalue weighted by Gasteiger charge is -2.08. The van der Waals surface area contributed by atoms with E-state index in [2.05, 4.69) is 0 Å². The minimum Gasteiger partial charge on any atom is -0.481 e. The summed E-state index contributed by atoms with van der Waals surface area (Å²) in [6, 6.07) is 2.14. The molecule has 0 bridgehead atoms. The van der Waals surface area contributed by atoms with Crippen molar-refractivity contribution in [2.45, 2.75) is 20.3 Å². The third-order valence-electron chi connectivity index (χ3n) is 2.28. The Bertz CT molecular complexity index is 388. The first-order valence-corrected chi connectivity index (χ1v) is 4.59. The Morgan fingerprint density at radius 2 is 2.00 bits per heavy atom. The molecule has 0 spiro atoms. The molecule has 82 valence electrons. The standard InChI is InChI=1S/C11H12F2O2/c1-6-3-8(4-7(2)11(14)15)10(13)5-9(6)12/h3,5,7H,4H2,1-2H3,(H,14,15). The quantitative estimate of drug-likeness (QED) is 0.839. The number of benzene rings is 1. The van der Waals surface area contributed by atoms with Gasteiger partial charge in [-0.05, 0) is 24.5 Å². The molecule has 1 N–H and O–H groups in total. The zero-order valence-electron chi connectivity index (χ0n) is 8.55. The third kappa shape index (κ3) is 2.75. The molecule has 2 nitrogen and oxygen atoms in total. The van der Waals surface area contributed by atoms with E-state index in [1.807, 2.05) is 0 Å². The highest BCUT2D eigenvalue weighted by atomic mass is 19.1. The molecule has 0 saturated carbocycles. The van der Waals surface area contributed by atoms with Crippen molar-refractivity contribution in [3.05, 3.63) is 34.9 Å². The lowest BCUT2D eigenvalue weighted by molar-refractivity contribution is -0.141. The second kappa shape index (κ2) is 4.38. The van der Waals surface area contributed by atoms with Crippen LogP contribution in [0, 0.1) is 24.5 Å². The van der Waals surface area contributed by atoms with Gasteiger partial charge in [-0.2, -0.15) is 0 Å². The molecule has 0 aliphatic rings. The molecule has 1 aromatic carbocycles. The van der Waals surface area contributed by atoms with E-state index in [1.54, 1.807) is 0 Å². The van der Waals surface area contributed by atoms with Gasteiger partial charge in [0, 0.05) is 6.07 Å². The zero-order chi connectivity index (χ0) is 11.6. The first kappa shape index (κ1) is 11.6. The molecule has 1 rings (SSSR count). The Labute approximate surface area is 86.5 Å². The van der Waals surface area contributed by atoms with Crippen LogP contribution in [0.3, 0.4) is 0 Å². The van der Waals surface area contributed by atoms with Crippen molar-refractivity contribution in [1.82, 2.24) is 0 Å². The Morgan fingerprint density at radius 1 is 1.40 bits per heavy atom. The van der Waals surface area contributed by atoms with Gasteiger partial charge in [0.25, 0.3) is 0 Å². The van der Waals surface area contributed by atoms with Crippen molar-refractivity contribution in [3.8, 4) is 0 Å². The molecule has 0 radical (unpaired) electrons. The predicted molar refractivity (Wildman–Crippen MR) is 51.6 cm³/mol. The summed E-state index contributed by atoms with van der Waals surface area (Å²) in [6.45, 7) is 3.00. The van der Waals surface area contributed by atoms with Gasteiger partial charge in [-0.25, -0.2) is 8.78 Å². The summed E-state index contributed by atoms with van der Waals surface area (Å²) in [5.74, 6) is -2.97. The van der Waals surface area contributed by atoms with Crippen LogP contribution in [0.2, 0.25) is 0 Å². The summed E-state index contributed by atoms with van der Waals surface area (Å²) in [5, 5.41) is 8.66. The van der Waals surface area contributed by atoms with E-state index in [9.17, 15) is 13.6 Å². The van der Waals surface area contributed by atoms with Crippen LogP contribution in [0.5, 0.6) is 0 Å². The molecule has 0 amide bonds. The van der Waals surface area contributed by atoms with Gasteiger partial charge in [0.15, 0.2) is 0 Å². The summed E-state index contributed by atoms with van der Waals surface area (Å²) in [7, 11) is 0. The largest absolute Gasteiger partial charge is 0.481 e. The van der Waals surface area contributed by atoms with E-state index in [4.69, 9.17) is 5.11 Å². The number of hydrogen-bond donors (Lipinski definition) is 1. The summed E-state index contributed by atoms with van der Waals surface area (Å²) in [5.41, 5.74) is 0.563. The molecule has 0 heterocycles. The number of hydrogen-bond acceptors (Lipinski definition) is 1. The van der Waals surface area contributed by atoms with Crippen LogP contribution in [0.25, 0.3) is 0 Å². The number of aryl methyl sites for hydroxylation is 1. The summed E-state index contributed by atoms with van der Waals surface area (Å²) >= 11 is 0. The van der Waals surface area contributed by atoms with Gasteiger partial charge in [-0.3, -0.25) is 4.79 Å². The fourth-order valence-electron chi connectivity index (χ4n) is 1.29. The summed E-state index contributed by atoms with van der Waals surface area (Å²) < 4.78 is 26.1. The van der Waals surface area contributed by atoms with Crippen LogP contribution >= 0.6 is 0 Å². The van der Waals surface area contributed by atoms with Crippen LogP contribution in [-0.2, 0) is 11.2 Å². The molecule has 0 aliphatic carbocycles. The van der Waals surface area contributed by atoms with Gasteiger partial charge < -0.3 is 5.11 Å². The van der Waals surface area contributed by atoms with E-state index in [-0.39, 0.29) is 12.0 Å². The van der Waals surface area contributed by atoms with Gasteiger partial charge in [0.2, 0.25) is 0 Å². The van der Waals surface area contributed by atoms with Gasteiger partial charge in [0.05, 0.1) is 5.92 Å². The highest BCUT2D eigenvalue weighted by Gasteiger charge is 2.15. The first-order chi connectivity index (χ1) is 6.91. The van der Waals surface area contributed by atoms with Crippen molar-refractivity contribution < 1.29 is 18.7 Å². The summed E-state index contributed by atoms with van der Waals surface area (Å²) in [6.07, 6.45) is 0.0717. The maximum absolute atomic E-state index is 13.2. The molecule has 1 aromatic rings. The fourth-order valence-corrected chi connectivity index (χ4v) is 1.29. The van der Waals surface area contributed by atoms with Crippen molar-refractivity contribution in [2.24, 2.45) is 5.92 Å². The second-order valence-electron chi connectivity index (χ2n) is 3.64. The maximum Gasteiger partial charge on any atom is 0.306 e. The number of rotatable bonds is 3. The normalized spacial score (nSPS) is 12.5. The molecule has 0 saturated heterocycles. The molecule has 0 aliphatic heterocycles. The van der Waals surface area contributed by atoms with Crippen molar-refractivity contribution >= 4 is 5.97 Å². The number of carboxylic acids is 1. The third-order valence-corrected chi connectivity index (χ3v) is 2.28. The minimum atomic E-state index is -0.989. The smallest absolute Gasteiger partial charge is 0.306 e. The number of carbonyl (C=O) groups is 1. The van der Waals surface area contributed by atoms with Crippen molar-refractivity contribution in [2.75, 3.05) is 0 Å². The number of halogens is 2. The fraction of sp³-hybridized carbons (Fsp3) is 0.364. The lowest BCUT2D eigenvalue weighted by atomic mass is 9.99. The Morgan fingerprint density at radius 3 is 2.53 bits per heavy atom. The van der Waals surface area contributed by atoms with Gasteiger partial charge in [0.1, 0.15) is 11.6 Å². The molecular weight excluding hydrogens is 202 g/mol. The first-order valence-electron chi connectivity index (χ1n) is 4.59. The minimum absolute atomic E-state index is 0.0717. The average Bonchev–Trinajstić information content (AvgIpc) is 2.13. The molecule has 15 heavy (non-hydrogen) atoms. The highest BCUT2D eigenvalue weighted by molar-refractivity contribution is 5.69. The van der Waals surface area contributed by atoms with E-state index in [0.717, 1.165) is 6.07 Å². The van der Waals surface area contributed by atoms with Crippen LogP contribution in [-0.4, -0.2) is 11.1 Å². The predicted octanol–water partition coefficient (Wildman–Crippen LogP) is 2.54. The zero-order valence-corrected chi connectivity index (χ0v) is 8.55. The Kier molecular flexibility index (Phi) is 3.39. The molecule has 1 atom stereocenters. The van der Waals surface area contributed by atoms with E-state index < -0.39 is 23.5 Å². The average molecular weight is 214 g/mol. The molecule has 0 fully saturated rings. The highest BCUT2D eigenvalue weighted by Crippen LogP contribution is 2.17. The van der Waals surface area contributed by atoms with E-state index >= 15 is 0 Å². The topological polar surface area (TPSA) is 37.3 Å². The van der Waals surface area contributed by atoms with Crippen molar-refractivity contribution in [1.29, 1.82) is 0 Å². The van der Waals surface area contributed by atoms with Crippen molar-refractivity contribution in [3.63, 3.8) is 0 Å². The SMILES string of the molecule is Cc1cc(CC(C)C(=O)O)c(F)cc1F. The Hall–Kier alpha value is -1.45. The van der Waals surface area contributed by atoms with Gasteiger partial charge in [-0.1, -0.05) is 13.0 Å². The molecule has 0 aromatic heterocycles. The van der Waals surface area contributed by atoms with Gasteiger partial charge >= 0.3 is 5.97 Å². The summed E-state index contributed by atoms with van der Waals surface area (Å²) in [4.78, 5) is 10.6. The maximum atomic E-state index is 13.2.